The van der Waals surface area contributed by atoms with Crippen LogP contribution in [0.5, 0.6) is 0 Å². The molecule has 0 fully saturated rings. The lowest BCUT2D eigenvalue weighted by Crippen LogP contribution is -2.45. The molecule has 0 aromatic heterocycles. The summed E-state index contributed by atoms with van der Waals surface area (Å²) in [6.07, 6.45) is 64.5. The predicted octanol–water partition coefficient (Wildman–Crippen LogP) is 17.5. The topological polar surface area (TPSA) is 95.9 Å². The van der Waals surface area contributed by atoms with Gasteiger partial charge in [-0.3, -0.25) is 9.59 Å². The van der Waals surface area contributed by atoms with Crippen LogP contribution in [-0.4, -0.2) is 47.4 Å². The van der Waals surface area contributed by atoms with Crippen molar-refractivity contribution in [3.8, 4) is 0 Å². The molecule has 0 aliphatic carbocycles. The van der Waals surface area contributed by atoms with Gasteiger partial charge in [-0.25, -0.2) is 0 Å². The number of allylic oxidation sites excluding steroid dienone is 4. The van der Waals surface area contributed by atoms with Gasteiger partial charge >= 0.3 is 5.97 Å². The van der Waals surface area contributed by atoms with Crippen molar-refractivity contribution in [3.63, 3.8) is 0 Å². The van der Waals surface area contributed by atoms with Crippen LogP contribution >= 0.6 is 0 Å². The molecule has 0 aliphatic rings. The Bertz CT molecular complexity index is 997. The summed E-state index contributed by atoms with van der Waals surface area (Å²) in [5, 5.41) is 23.3. The Hall–Kier alpha value is -1.66. The van der Waals surface area contributed by atoms with Gasteiger partial charge in [0.25, 0.3) is 0 Å². The van der Waals surface area contributed by atoms with Crippen molar-refractivity contribution in [1.29, 1.82) is 0 Å². The van der Waals surface area contributed by atoms with E-state index in [9.17, 15) is 19.8 Å². The molecule has 0 aromatic rings. The monoisotopic (exact) mass is 902 g/mol. The lowest BCUT2D eigenvalue weighted by Gasteiger charge is -2.22. The third kappa shape index (κ3) is 49.8. The maximum Gasteiger partial charge on any atom is 0.305 e. The van der Waals surface area contributed by atoms with Crippen molar-refractivity contribution in [3.05, 3.63) is 24.3 Å². The highest BCUT2D eigenvalue weighted by atomic mass is 16.5. The molecule has 378 valence electrons. The number of esters is 1. The Kier molecular flexibility index (Phi) is 52.6. The van der Waals surface area contributed by atoms with Crippen LogP contribution < -0.4 is 5.32 Å². The van der Waals surface area contributed by atoms with Crippen LogP contribution in [0.3, 0.4) is 0 Å². The molecule has 1 amide bonds. The standard InChI is InChI=1S/C58H111NO5/c1-3-5-7-9-11-13-15-16-17-24-27-31-34-38-42-46-50-56(61)55(54-60)59-57(62)51-47-43-39-35-32-28-25-22-20-18-19-21-23-26-29-33-37-41-45-49-53-64-58(63)52-48-44-40-36-30-14-12-10-8-6-4-2/h10,12,18,20,55-56,60-61H,3-9,11,13-17,19,21-54H2,1-2H3,(H,59,62)/b12-10-,20-18-. The molecule has 64 heavy (non-hydrogen) atoms. The van der Waals surface area contributed by atoms with Gasteiger partial charge in [0.05, 0.1) is 25.4 Å². The van der Waals surface area contributed by atoms with Gasteiger partial charge in [-0.05, 0) is 70.6 Å². The maximum absolute atomic E-state index is 12.5. The molecule has 0 heterocycles. The SMILES string of the molecule is CCCC/C=C\CCCCCCCC(=O)OCCCCCCCCCCC/C=C\CCCCCCCCCC(=O)NC(CO)C(O)CCCCCCCCCCCCCCCCCC. The van der Waals surface area contributed by atoms with Crippen molar-refractivity contribution >= 4 is 11.9 Å². The molecule has 0 aliphatic heterocycles. The smallest absolute Gasteiger partial charge is 0.305 e. The molecular formula is C58H111NO5. The first-order chi connectivity index (χ1) is 31.5. The van der Waals surface area contributed by atoms with Crippen molar-refractivity contribution < 1.29 is 24.5 Å². The number of rotatable bonds is 53. The first kappa shape index (κ1) is 62.3. The van der Waals surface area contributed by atoms with E-state index in [1.54, 1.807) is 0 Å². The van der Waals surface area contributed by atoms with E-state index in [1.807, 2.05) is 0 Å². The zero-order valence-corrected chi connectivity index (χ0v) is 43.0. The van der Waals surface area contributed by atoms with Gasteiger partial charge in [0.15, 0.2) is 0 Å². The van der Waals surface area contributed by atoms with E-state index >= 15 is 0 Å². The summed E-state index contributed by atoms with van der Waals surface area (Å²) in [4.78, 5) is 24.5. The third-order valence-electron chi connectivity index (χ3n) is 13.2. The summed E-state index contributed by atoms with van der Waals surface area (Å²) < 4.78 is 5.45. The summed E-state index contributed by atoms with van der Waals surface area (Å²) >= 11 is 0. The molecule has 0 bridgehead atoms. The molecule has 0 saturated carbocycles. The van der Waals surface area contributed by atoms with Crippen LogP contribution in [0, 0.1) is 0 Å². The molecule has 0 saturated heterocycles. The predicted molar refractivity (Wildman–Crippen MR) is 278 cm³/mol. The van der Waals surface area contributed by atoms with Gasteiger partial charge in [0.2, 0.25) is 5.91 Å². The van der Waals surface area contributed by atoms with Gasteiger partial charge in [0.1, 0.15) is 0 Å². The van der Waals surface area contributed by atoms with E-state index < -0.39 is 12.1 Å². The molecular weight excluding hydrogens is 791 g/mol. The van der Waals surface area contributed by atoms with Crippen LogP contribution in [0.2, 0.25) is 0 Å². The second-order valence-corrected chi connectivity index (χ2v) is 19.6. The molecule has 0 rings (SSSR count). The summed E-state index contributed by atoms with van der Waals surface area (Å²) in [5.41, 5.74) is 0. The Balaban J connectivity index is 3.44. The van der Waals surface area contributed by atoms with Gasteiger partial charge < -0.3 is 20.3 Å². The van der Waals surface area contributed by atoms with Crippen molar-refractivity contribution in [1.82, 2.24) is 5.32 Å². The summed E-state index contributed by atoms with van der Waals surface area (Å²) in [6.45, 7) is 4.91. The van der Waals surface area contributed by atoms with E-state index in [2.05, 4.69) is 43.5 Å². The number of amides is 1. The molecule has 0 aromatic carbocycles. The van der Waals surface area contributed by atoms with Crippen LogP contribution in [0.15, 0.2) is 24.3 Å². The largest absolute Gasteiger partial charge is 0.466 e. The van der Waals surface area contributed by atoms with Gasteiger partial charge in [-0.15, -0.1) is 0 Å². The minimum Gasteiger partial charge on any atom is -0.466 e. The van der Waals surface area contributed by atoms with Gasteiger partial charge in [-0.1, -0.05) is 250 Å². The Morgan fingerprint density at radius 2 is 0.750 bits per heavy atom. The molecule has 0 spiro atoms. The Morgan fingerprint density at radius 1 is 0.422 bits per heavy atom. The van der Waals surface area contributed by atoms with Crippen LogP contribution in [-0.2, 0) is 14.3 Å². The van der Waals surface area contributed by atoms with Crippen LogP contribution in [0.4, 0.5) is 0 Å². The average molecular weight is 903 g/mol. The van der Waals surface area contributed by atoms with Crippen molar-refractivity contribution in [2.75, 3.05) is 13.2 Å². The maximum atomic E-state index is 12.5. The summed E-state index contributed by atoms with van der Waals surface area (Å²) in [5.74, 6) is -0.0470. The molecule has 6 heteroatoms. The lowest BCUT2D eigenvalue weighted by molar-refractivity contribution is -0.143. The number of hydrogen-bond donors (Lipinski definition) is 3. The highest BCUT2D eigenvalue weighted by Crippen LogP contribution is 2.17. The summed E-state index contributed by atoms with van der Waals surface area (Å²) in [7, 11) is 0. The van der Waals surface area contributed by atoms with Gasteiger partial charge in [-0.2, -0.15) is 0 Å². The number of aliphatic hydroxyl groups excluding tert-OH is 2. The number of unbranched alkanes of at least 4 members (excludes halogenated alkanes) is 38. The molecule has 2 atom stereocenters. The van der Waals surface area contributed by atoms with Crippen molar-refractivity contribution in [2.45, 2.75) is 321 Å². The minimum atomic E-state index is -0.669. The molecule has 6 nitrogen and oxygen atoms in total. The average Bonchev–Trinajstić information content (AvgIpc) is 3.29. The minimum absolute atomic E-state index is 0.00478. The first-order valence-corrected chi connectivity index (χ1v) is 28.6. The first-order valence-electron chi connectivity index (χ1n) is 28.6. The lowest BCUT2D eigenvalue weighted by atomic mass is 10.0. The highest BCUT2D eigenvalue weighted by Gasteiger charge is 2.20. The van der Waals surface area contributed by atoms with Crippen LogP contribution in [0.25, 0.3) is 0 Å². The molecule has 3 N–H and O–H groups in total. The number of nitrogens with one attached hydrogen (secondary N) is 1. The van der Waals surface area contributed by atoms with E-state index in [-0.39, 0.29) is 18.5 Å². The highest BCUT2D eigenvalue weighted by molar-refractivity contribution is 5.76. The second-order valence-electron chi connectivity index (χ2n) is 19.6. The fourth-order valence-corrected chi connectivity index (χ4v) is 8.79. The van der Waals surface area contributed by atoms with Gasteiger partial charge in [0, 0.05) is 12.8 Å². The zero-order valence-electron chi connectivity index (χ0n) is 43.0. The molecule has 0 radical (unpaired) electrons. The Morgan fingerprint density at radius 3 is 1.16 bits per heavy atom. The number of ether oxygens (including phenoxy) is 1. The van der Waals surface area contributed by atoms with Crippen LogP contribution in [0.1, 0.15) is 309 Å². The summed E-state index contributed by atoms with van der Waals surface area (Å²) in [6, 6.07) is -0.547. The third-order valence-corrected chi connectivity index (χ3v) is 13.2. The number of carbonyl (C=O) groups is 2. The Labute approximate surface area is 399 Å². The fraction of sp³-hybridized carbons (Fsp3) is 0.897. The van der Waals surface area contributed by atoms with Crippen molar-refractivity contribution in [2.24, 2.45) is 0 Å². The number of aliphatic hydroxyl groups is 2. The zero-order chi connectivity index (χ0) is 46.5. The van der Waals surface area contributed by atoms with E-state index in [1.165, 1.54) is 231 Å². The number of hydrogen-bond acceptors (Lipinski definition) is 5. The quantitative estimate of drug-likeness (QED) is 0.0321. The van der Waals surface area contributed by atoms with E-state index in [0.29, 0.717) is 25.9 Å². The number of carbonyl (C=O) groups excluding carboxylic acids is 2. The second kappa shape index (κ2) is 54.0. The normalized spacial score (nSPS) is 12.8. The van der Waals surface area contributed by atoms with E-state index in [0.717, 1.165) is 44.9 Å². The van der Waals surface area contributed by atoms with E-state index in [4.69, 9.17) is 4.74 Å². The fourth-order valence-electron chi connectivity index (χ4n) is 8.79. The molecule has 2 unspecified atom stereocenters.